The molecule has 2 aromatic rings. The molecule has 9 nitrogen and oxygen atoms in total. The largest absolute Gasteiger partial charge is 0.436 e. The Morgan fingerprint density at radius 1 is 1.38 bits per heavy atom. The van der Waals surface area contributed by atoms with Crippen LogP contribution in [0.4, 0.5) is 5.69 Å². The van der Waals surface area contributed by atoms with Crippen molar-refractivity contribution < 1.29 is 4.74 Å². The number of nitrogens with one attached hydrogen (secondary N) is 1. The zero-order valence-corrected chi connectivity index (χ0v) is 20.7. The van der Waals surface area contributed by atoms with Crippen molar-refractivity contribution in [2.24, 2.45) is 11.7 Å². The van der Waals surface area contributed by atoms with Gasteiger partial charge in [0.05, 0.1) is 10.7 Å². The number of aromatic nitrogens is 3. The lowest BCUT2D eigenvalue weighted by atomic mass is 9.92. The number of benzene rings is 1. The molecule has 0 fully saturated rings. The van der Waals surface area contributed by atoms with Crippen LogP contribution < -0.4 is 26.1 Å². The van der Waals surface area contributed by atoms with E-state index in [1.807, 2.05) is 0 Å². The van der Waals surface area contributed by atoms with E-state index >= 15 is 0 Å². The number of nitrogens with two attached hydrogens (primary N) is 1. The molecule has 1 aromatic heterocycles. The number of rotatable bonds is 6. The van der Waals surface area contributed by atoms with Crippen LogP contribution in [0, 0.1) is 17.2 Å². The number of halogens is 2. The van der Waals surface area contributed by atoms with Crippen molar-refractivity contribution in [2.75, 3.05) is 4.42 Å². The first-order valence-electron chi connectivity index (χ1n) is 10.6. The SMILES string of the molecule is CCC\C=C(C(/C=C1/Oc2c(Cl)cc(-n3nc(C#N)c(=O)[nH]c3=O)cc2N1Cl)=C(\C)N)\C(C)C. The number of ether oxygens (including phenoxy) is 1. The molecule has 0 saturated heterocycles. The van der Waals surface area contributed by atoms with E-state index in [1.54, 1.807) is 19.1 Å². The Hall–Kier alpha value is -3.48. The number of hydrogen-bond donors (Lipinski definition) is 2. The summed E-state index contributed by atoms with van der Waals surface area (Å²) in [5, 5.41) is 13.0. The number of anilines is 1. The second kappa shape index (κ2) is 10.2. The molecule has 0 bridgehead atoms. The number of allylic oxidation sites excluding steroid dienone is 5. The fraction of sp³-hybridized carbons (Fsp3) is 0.304. The van der Waals surface area contributed by atoms with Gasteiger partial charge in [0.25, 0.3) is 5.56 Å². The zero-order valence-electron chi connectivity index (χ0n) is 19.1. The van der Waals surface area contributed by atoms with Crippen LogP contribution in [0.15, 0.2) is 56.6 Å². The Balaban J connectivity index is 2.10. The normalized spacial score (nSPS) is 15.3. The number of hydrogen-bond acceptors (Lipinski definition) is 7. The summed E-state index contributed by atoms with van der Waals surface area (Å²) in [6.45, 7) is 8.07. The van der Waals surface area contributed by atoms with Gasteiger partial charge >= 0.3 is 5.69 Å². The molecular weight excluding hydrogens is 479 g/mol. The molecule has 0 spiro atoms. The van der Waals surface area contributed by atoms with Crippen molar-refractivity contribution in [1.82, 2.24) is 14.8 Å². The first-order valence-corrected chi connectivity index (χ1v) is 11.3. The van der Waals surface area contributed by atoms with Crippen LogP contribution in [-0.2, 0) is 0 Å². The lowest BCUT2D eigenvalue weighted by Gasteiger charge is -2.17. The average molecular weight is 503 g/mol. The number of fused-ring (bicyclic) bond motifs is 1. The summed E-state index contributed by atoms with van der Waals surface area (Å²) in [5.41, 5.74) is 7.05. The number of H-pyrrole nitrogens is 1. The van der Waals surface area contributed by atoms with Crippen LogP contribution in [0.3, 0.4) is 0 Å². The van der Waals surface area contributed by atoms with Gasteiger partial charge in [0.2, 0.25) is 11.6 Å². The molecule has 0 aliphatic carbocycles. The summed E-state index contributed by atoms with van der Waals surface area (Å²) in [4.78, 5) is 26.0. The van der Waals surface area contributed by atoms with Gasteiger partial charge in [0.1, 0.15) is 11.8 Å². The Labute approximate surface area is 206 Å². The highest BCUT2D eigenvalue weighted by Crippen LogP contribution is 2.47. The van der Waals surface area contributed by atoms with Crippen molar-refractivity contribution >= 4 is 29.1 Å². The molecule has 34 heavy (non-hydrogen) atoms. The van der Waals surface area contributed by atoms with Gasteiger partial charge in [-0.05, 0) is 37.0 Å². The summed E-state index contributed by atoms with van der Waals surface area (Å²) in [7, 11) is 0. The van der Waals surface area contributed by atoms with Gasteiger partial charge in [-0.2, -0.15) is 9.94 Å². The van der Waals surface area contributed by atoms with E-state index in [9.17, 15) is 9.59 Å². The minimum absolute atomic E-state index is 0.153. The summed E-state index contributed by atoms with van der Waals surface area (Å²) in [5.74, 6) is 0.771. The molecule has 2 heterocycles. The van der Waals surface area contributed by atoms with Crippen molar-refractivity contribution in [3.05, 3.63) is 78.6 Å². The number of unbranched alkanes of at least 4 members (excludes halogenated alkanes) is 1. The Morgan fingerprint density at radius 3 is 2.68 bits per heavy atom. The maximum absolute atomic E-state index is 12.3. The highest BCUT2D eigenvalue weighted by atomic mass is 35.5. The highest BCUT2D eigenvalue weighted by molar-refractivity contribution is 6.34. The molecule has 3 N–H and O–H groups in total. The lowest BCUT2D eigenvalue weighted by Crippen LogP contribution is -2.33. The Kier molecular flexibility index (Phi) is 7.54. The predicted molar refractivity (Wildman–Crippen MR) is 132 cm³/mol. The van der Waals surface area contributed by atoms with E-state index in [0.29, 0.717) is 11.4 Å². The molecule has 1 aromatic carbocycles. The Morgan fingerprint density at radius 2 is 2.09 bits per heavy atom. The maximum atomic E-state index is 12.3. The van der Waals surface area contributed by atoms with Crippen molar-refractivity contribution in [3.8, 4) is 17.5 Å². The van der Waals surface area contributed by atoms with E-state index in [-0.39, 0.29) is 28.3 Å². The standard InChI is InChI=1S/C23H24Cl2N6O3/c1-5-6-7-15(12(2)3)16(13(4)27)10-20-30(25)19-9-14(8-17(24)21(19)34-20)31-23(33)28-22(32)18(11-26)29-31/h7-10,12H,5-6,27H2,1-4H3,(H,28,32,33)/b15-7-,16-13+,20-10+. The van der Waals surface area contributed by atoms with Crippen molar-refractivity contribution in [2.45, 2.75) is 40.5 Å². The lowest BCUT2D eigenvalue weighted by molar-refractivity contribution is 0.450. The van der Waals surface area contributed by atoms with Crippen LogP contribution in [-0.4, -0.2) is 14.8 Å². The fourth-order valence-corrected chi connectivity index (χ4v) is 3.89. The van der Waals surface area contributed by atoms with Gasteiger partial charge in [-0.25, -0.2) is 9.21 Å². The van der Waals surface area contributed by atoms with Crippen LogP contribution in [0.25, 0.3) is 5.69 Å². The molecule has 1 aliphatic rings. The molecule has 0 amide bonds. The minimum Gasteiger partial charge on any atom is -0.436 e. The predicted octanol–water partition coefficient (Wildman–Crippen LogP) is 4.26. The third kappa shape index (κ3) is 4.88. The van der Waals surface area contributed by atoms with Gasteiger partial charge in [0.15, 0.2) is 5.75 Å². The third-order valence-corrected chi connectivity index (χ3v) is 5.71. The van der Waals surface area contributed by atoms with E-state index in [4.69, 9.17) is 39.1 Å². The van der Waals surface area contributed by atoms with Crippen LogP contribution >= 0.6 is 23.4 Å². The molecular formula is C23H24Cl2N6O3. The fourth-order valence-electron chi connectivity index (χ4n) is 3.44. The molecule has 1 aliphatic heterocycles. The van der Waals surface area contributed by atoms with E-state index in [1.165, 1.54) is 16.6 Å². The summed E-state index contributed by atoms with van der Waals surface area (Å²) < 4.78 is 8.06. The van der Waals surface area contributed by atoms with Gasteiger partial charge in [-0.15, -0.1) is 5.10 Å². The summed E-state index contributed by atoms with van der Waals surface area (Å²) in [6, 6.07) is 4.58. The van der Waals surface area contributed by atoms with Crippen LogP contribution in [0.2, 0.25) is 5.02 Å². The van der Waals surface area contributed by atoms with Gasteiger partial charge in [-0.1, -0.05) is 44.9 Å². The average Bonchev–Trinajstić information content (AvgIpc) is 3.09. The molecule has 178 valence electrons. The topological polar surface area (TPSA) is 130 Å². The van der Waals surface area contributed by atoms with E-state index in [2.05, 4.69) is 36.9 Å². The molecule has 0 radical (unpaired) electrons. The molecule has 0 unspecified atom stereocenters. The first kappa shape index (κ1) is 25.1. The maximum Gasteiger partial charge on any atom is 0.349 e. The minimum atomic E-state index is -0.878. The molecule has 11 heteroatoms. The monoisotopic (exact) mass is 502 g/mol. The molecule has 0 atom stereocenters. The van der Waals surface area contributed by atoms with Crippen molar-refractivity contribution in [1.29, 1.82) is 5.26 Å². The van der Waals surface area contributed by atoms with Gasteiger partial charge < -0.3 is 10.5 Å². The molecule has 3 rings (SSSR count). The van der Waals surface area contributed by atoms with Gasteiger partial charge in [-0.3, -0.25) is 9.78 Å². The quantitative estimate of drug-likeness (QED) is 0.445. The van der Waals surface area contributed by atoms with Gasteiger partial charge in [0, 0.05) is 29.1 Å². The number of aromatic amines is 1. The van der Waals surface area contributed by atoms with Crippen LogP contribution in [0.1, 0.15) is 46.2 Å². The highest BCUT2D eigenvalue weighted by Gasteiger charge is 2.30. The first-order chi connectivity index (χ1) is 16.1. The number of nitriles is 1. The number of nitrogens with zero attached hydrogens (tertiary/aromatic N) is 4. The van der Waals surface area contributed by atoms with E-state index < -0.39 is 16.9 Å². The second-order valence-corrected chi connectivity index (χ2v) is 8.72. The third-order valence-electron chi connectivity index (χ3n) is 5.08. The second-order valence-electron chi connectivity index (χ2n) is 7.97. The molecule has 0 saturated carbocycles. The van der Waals surface area contributed by atoms with Crippen molar-refractivity contribution in [3.63, 3.8) is 0 Å². The summed E-state index contributed by atoms with van der Waals surface area (Å²) >= 11 is 13.0. The Bertz CT molecular complexity index is 1370. The zero-order chi connectivity index (χ0) is 25.2. The van der Waals surface area contributed by atoms with E-state index in [0.717, 1.165) is 28.7 Å². The smallest absolute Gasteiger partial charge is 0.349 e. The summed E-state index contributed by atoms with van der Waals surface area (Å²) in [6.07, 6.45) is 5.80. The van der Waals surface area contributed by atoms with Crippen LogP contribution in [0.5, 0.6) is 5.75 Å².